The van der Waals surface area contributed by atoms with E-state index in [1.165, 1.54) is 10.9 Å². The van der Waals surface area contributed by atoms with Crippen LogP contribution >= 0.6 is 15.6 Å². The Hall–Kier alpha value is -1.71. The Morgan fingerprint density at radius 1 is 0.895 bits per heavy atom. The molecule has 0 radical (unpaired) electrons. The van der Waals surface area contributed by atoms with E-state index in [0.717, 1.165) is 6.33 Å². The number of ether oxygens (including phenoxy) is 3. The summed E-state index contributed by atoms with van der Waals surface area (Å²) in [5.74, 6) is 0.0460. The van der Waals surface area contributed by atoms with Gasteiger partial charge in [0.25, 0.3) is 0 Å². The quantitative estimate of drug-likeness (QED) is 0.126. The van der Waals surface area contributed by atoms with E-state index in [4.69, 9.17) is 19.9 Å². The van der Waals surface area contributed by atoms with Crippen molar-refractivity contribution in [3.05, 3.63) is 12.7 Å². The van der Waals surface area contributed by atoms with Gasteiger partial charge in [0, 0.05) is 0 Å². The van der Waals surface area contributed by atoms with Gasteiger partial charge in [-0.05, 0) is 0 Å². The number of hydrogen-bond donors (Lipinski definition) is 9. The van der Waals surface area contributed by atoms with Crippen molar-refractivity contribution in [2.24, 2.45) is 0 Å². The number of nitrogen functional groups attached to an aromatic ring is 1. The molecule has 2 fully saturated rings. The van der Waals surface area contributed by atoms with Gasteiger partial charge in [-0.15, -0.1) is 0 Å². The van der Waals surface area contributed by atoms with Crippen LogP contribution in [0.2, 0.25) is 0 Å². The molecular weight excluding hydrogens is 564 g/mol. The summed E-state index contributed by atoms with van der Waals surface area (Å²) in [5, 5.41) is 41.2. The number of fused-ring (bicyclic) bond motifs is 1. The SMILES string of the molecule is Nc1ncnc2c1ncn2[C@@H]1O[C@H](CO)[C@@H](O[C@H]2O[C@H](CO)[C@@H](OP(=O)(O)O)[C@H](OP(=O)(O)O)[C@H]2O)[C@H]1O. The number of phosphoric acid groups is 2. The molecule has 2 aromatic heterocycles. The largest absolute Gasteiger partial charge is 0.470 e. The van der Waals surface area contributed by atoms with Crippen LogP contribution in [0, 0.1) is 0 Å². The molecule has 0 amide bonds. The Morgan fingerprint density at radius 2 is 1.50 bits per heavy atom. The molecule has 2 aliphatic rings. The highest BCUT2D eigenvalue weighted by Crippen LogP contribution is 2.47. The van der Waals surface area contributed by atoms with Gasteiger partial charge in [0.05, 0.1) is 19.5 Å². The molecule has 2 aliphatic heterocycles. The molecule has 38 heavy (non-hydrogen) atoms. The van der Waals surface area contributed by atoms with Crippen LogP contribution in [-0.4, -0.2) is 122 Å². The lowest BCUT2D eigenvalue weighted by Gasteiger charge is -2.44. The molecule has 22 heteroatoms. The lowest BCUT2D eigenvalue weighted by Crippen LogP contribution is -2.61. The van der Waals surface area contributed by atoms with E-state index in [9.17, 15) is 49.1 Å². The van der Waals surface area contributed by atoms with Gasteiger partial charge in [-0.25, -0.2) is 24.1 Å². The van der Waals surface area contributed by atoms with Crippen molar-refractivity contribution in [2.45, 2.75) is 55.2 Å². The first-order valence-corrected chi connectivity index (χ1v) is 13.7. The molecule has 0 unspecified atom stereocenters. The molecule has 2 saturated heterocycles. The van der Waals surface area contributed by atoms with Crippen LogP contribution < -0.4 is 5.73 Å². The molecule has 4 heterocycles. The first-order chi connectivity index (χ1) is 17.7. The van der Waals surface area contributed by atoms with E-state index in [1.807, 2.05) is 0 Å². The summed E-state index contributed by atoms with van der Waals surface area (Å²) in [6.07, 6.45) is -13.4. The van der Waals surface area contributed by atoms with Gasteiger partial charge in [-0.1, -0.05) is 0 Å². The van der Waals surface area contributed by atoms with Crippen LogP contribution in [0.5, 0.6) is 0 Å². The normalized spacial score (nSPS) is 34.7. The molecule has 2 aromatic rings. The summed E-state index contributed by atoms with van der Waals surface area (Å²) in [4.78, 5) is 48.8. The van der Waals surface area contributed by atoms with Crippen LogP contribution in [0.3, 0.4) is 0 Å². The van der Waals surface area contributed by atoms with E-state index in [-0.39, 0.29) is 17.0 Å². The summed E-state index contributed by atoms with van der Waals surface area (Å²) in [7, 11) is -10.8. The van der Waals surface area contributed by atoms with Crippen molar-refractivity contribution in [2.75, 3.05) is 18.9 Å². The third-order valence-corrected chi connectivity index (χ3v) is 6.79. The maximum Gasteiger partial charge on any atom is 0.470 e. The van der Waals surface area contributed by atoms with Crippen LogP contribution in [0.1, 0.15) is 6.23 Å². The van der Waals surface area contributed by atoms with Gasteiger partial charge in [0.15, 0.2) is 24.0 Å². The fourth-order valence-corrected chi connectivity index (χ4v) is 5.33. The van der Waals surface area contributed by atoms with Gasteiger partial charge in [-0.2, -0.15) is 0 Å². The maximum absolute atomic E-state index is 11.5. The molecule has 0 aliphatic carbocycles. The second-order valence-corrected chi connectivity index (χ2v) is 10.6. The standard InChI is InChI=1S/C16H25N5O15P2/c17-13-7-14(19-3-18-13)21(4-20-7)15-8(24)10(5(1-22)32-15)34-16-9(25)12(36-38(29,30)31)11(6(2-23)33-16)35-37(26,27)28/h3-6,8-12,15-16,22-25H,1-2H2,(H2,17,18,19)(H2,26,27,28)(H2,29,30,31)/t5-,6-,8-,9-,10-,11-,12-,15-,16-/m1/s1. The van der Waals surface area contributed by atoms with Gasteiger partial charge >= 0.3 is 15.6 Å². The number of nitrogens with zero attached hydrogens (tertiary/aromatic N) is 4. The minimum absolute atomic E-state index is 0.0460. The zero-order valence-electron chi connectivity index (χ0n) is 19.0. The third-order valence-electron chi connectivity index (χ3n) is 5.75. The average Bonchev–Trinajstić information content (AvgIpc) is 3.38. The Kier molecular flexibility index (Phi) is 8.51. The van der Waals surface area contributed by atoms with Gasteiger partial charge in [-0.3, -0.25) is 13.6 Å². The Morgan fingerprint density at radius 3 is 2.11 bits per heavy atom. The summed E-state index contributed by atoms with van der Waals surface area (Å²) in [6.45, 7) is -1.75. The van der Waals surface area contributed by atoms with Crippen molar-refractivity contribution in [1.29, 1.82) is 0 Å². The zero-order valence-corrected chi connectivity index (χ0v) is 20.7. The lowest BCUT2D eigenvalue weighted by molar-refractivity contribution is -0.313. The fourth-order valence-electron chi connectivity index (χ4n) is 4.19. The van der Waals surface area contributed by atoms with E-state index < -0.39 is 84.1 Å². The van der Waals surface area contributed by atoms with Crippen LogP contribution in [-0.2, 0) is 32.4 Å². The van der Waals surface area contributed by atoms with Crippen LogP contribution in [0.4, 0.5) is 5.82 Å². The summed E-state index contributed by atoms with van der Waals surface area (Å²) in [6, 6.07) is 0. The molecule has 10 N–H and O–H groups in total. The number of phosphoric ester groups is 2. The summed E-state index contributed by atoms with van der Waals surface area (Å²) >= 11 is 0. The molecule has 0 spiro atoms. The van der Waals surface area contributed by atoms with E-state index in [1.54, 1.807) is 0 Å². The fraction of sp³-hybridized carbons (Fsp3) is 0.688. The first kappa shape index (κ1) is 29.3. The number of hydrogen-bond acceptors (Lipinski definition) is 15. The number of aliphatic hydroxyl groups is 4. The molecule has 4 rings (SSSR count). The van der Waals surface area contributed by atoms with Crippen molar-refractivity contribution in [3.63, 3.8) is 0 Å². The molecule has 9 atom stereocenters. The second kappa shape index (κ2) is 11.0. The molecule has 20 nitrogen and oxygen atoms in total. The lowest BCUT2D eigenvalue weighted by atomic mass is 9.99. The van der Waals surface area contributed by atoms with Gasteiger partial charge < -0.3 is 59.9 Å². The van der Waals surface area contributed by atoms with Crippen molar-refractivity contribution in [3.8, 4) is 0 Å². The van der Waals surface area contributed by atoms with Gasteiger partial charge in [0.2, 0.25) is 0 Å². The predicted molar refractivity (Wildman–Crippen MR) is 117 cm³/mol. The number of rotatable bonds is 9. The first-order valence-electron chi connectivity index (χ1n) is 10.7. The number of aromatic nitrogens is 4. The average molecular weight is 589 g/mol. The Bertz CT molecular complexity index is 1220. The minimum Gasteiger partial charge on any atom is -0.394 e. The van der Waals surface area contributed by atoms with Crippen molar-refractivity contribution in [1.82, 2.24) is 19.5 Å². The second-order valence-electron chi connectivity index (χ2n) is 8.26. The number of imidazole rings is 1. The summed E-state index contributed by atoms with van der Waals surface area (Å²) < 4.78 is 49.8. The number of nitrogens with two attached hydrogens (primary N) is 1. The Balaban J connectivity index is 1.61. The summed E-state index contributed by atoms with van der Waals surface area (Å²) in [5.41, 5.74) is 6.13. The van der Waals surface area contributed by atoms with Gasteiger partial charge in [0.1, 0.15) is 54.6 Å². The smallest absolute Gasteiger partial charge is 0.394 e. The van der Waals surface area contributed by atoms with Crippen LogP contribution in [0.25, 0.3) is 11.2 Å². The third kappa shape index (κ3) is 6.04. The molecule has 214 valence electrons. The van der Waals surface area contributed by atoms with Crippen molar-refractivity contribution >= 4 is 32.6 Å². The topological polar surface area (TPSA) is 312 Å². The Labute approximate surface area is 212 Å². The molecule has 0 bridgehead atoms. The van der Waals surface area contributed by atoms with E-state index in [0.29, 0.717) is 0 Å². The monoisotopic (exact) mass is 589 g/mol. The predicted octanol–water partition coefficient (Wildman–Crippen LogP) is -3.92. The minimum atomic E-state index is -5.41. The number of aliphatic hydroxyl groups excluding tert-OH is 4. The van der Waals surface area contributed by atoms with E-state index >= 15 is 0 Å². The maximum atomic E-state index is 11.5. The molecule has 0 aromatic carbocycles. The molecular formula is C16H25N5O15P2. The van der Waals surface area contributed by atoms with Crippen LogP contribution in [0.15, 0.2) is 12.7 Å². The molecule has 0 saturated carbocycles. The zero-order chi connectivity index (χ0) is 28.0. The number of anilines is 1. The highest BCUT2D eigenvalue weighted by Gasteiger charge is 2.54. The highest BCUT2D eigenvalue weighted by molar-refractivity contribution is 7.46. The highest BCUT2D eigenvalue weighted by atomic mass is 31.2. The van der Waals surface area contributed by atoms with Crippen molar-refractivity contribution < 1.29 is 72.4 Å². The van der Waals surface area contributed by atoms with E-state index in [2.05, 4.69) is 24.0 Å².